The van der Waals surface area contributed by atoms with Crippen molar-refractivity contribution in [2.45, 2.75) is 46.4 Å². The van der Waals surface area contributed by atoms with Crippen molar-refractivity contribution in [2.75, 3.05) is 0 Å². The van der Waals surface area contributed by atoms with Crippen molar-refractivity contribution in [3.63, 3.8) is 0 Å². The molecule has 15 heavy (non-hydrogen) atoms. The minimum Gasteiger partial charge on any atom is -0.444 e. The molecule has 0 rings (SSSR count). The summed E-state index contributed by atoms with van der Waals surface area (Å²) in [6.45, 7) is 9.24. The van der Waals surface area contributed by atoms with E-state index in [-0.39, 0.29) is 5.92 Å². The fourth-order valence-corrected chi connectivity index (χ4v) is 0.841. The zero-order valence-corrected chi connectivity index (χ0v) is 9.87. The molecule has 0 bridgehead atoms. The fraction of sp³-hybridized carbons (Fsp3) is 0.800. The molecule has 5 heteroatoms. The van der Waals surface area contributed by atoms with Gasteiger partial charge in [-0.3, -0.25) is 10.1 Å². The topological polar surface area (TPSA) is 64.6 Å². The lowest BCUT2D eigenvalue weighted by molar-refractivity contribution is -0.137. The van der Waals surface area contributed by atoms with Crippen LogP contribution in [0.25, 0.3) is 0 Å². The predicted molar refractivity (Wildman–Crippen MR) is 55.1 cm³/mol. The van der Waals surface area contributed by atoms with Gasteiger partial charge in [-0.05, 0) is 20.8 Å². The maximum Gasteiger partial charge on any atom is 0.410 e. The molecular weight excluding hydrogens is 198 g/mol. The Morgan fingerprint density at radius 3 is 2.20 bits per heavy atom. The number of carbonyl (C=O) groups excluding carboxylic acids is 2. The van der Waals surface area contributed by atoms with Gasteiger partial charge in [0.15, 0.2) is 6.23 Å². The zero-order valence-electron chi connectivity index (χ0n) is 9.87. The van der Waals surface area contributed by atoms with E-state index in [1.165, 1.54) is 0 Å². The summed E-state index contributed by atoms with van der Waals surface area (Å²) < 4.78 is 9.71. The van der Waals surface area contributed by atoms with Crippen LogP contribution in [0.3, 0.4) is 0 Å². The second-order valence-corrected chi connectivity index (χ2v) is 4.54. The van der Waals surface area contributed by atoms with Gasteiger partial charge in [0, 0.05) is 5.92 Å². The number of rotatable bonds is 4. The number of alkyl carbamates (subject to hydrolysis) is 1. The van der Waals surface area contributed by atoms with Crippen LogP contribution in [-0.2, 0) is 14.3 Å². The molecular formula is C10H19NO4. The molecule has 0 saturated heterocycles. The van der Waals surface area contributed by atoms with Gasteiger partial charge in [0.1, 0.15) is 5.60 Å². The number of hydrogen-bond acceptors (Lipinski definition) is 4. The molecule has 0 aromatic heterocycles. The summed E-state index contributed by atoms with van der Waals surface area (Å²) in [7, 11) is 0. The van der Waals surface area contributed by atoms with E-state index in [4.69, 9.17) is 9.47 Å². The van der Waals surface area contributed by atoms with Crippen molar-refractivity contribution in [3.05, 3.63) is 0 Å². The van der Waals surface area contributed by atoms with Crippen LogP contribution in [0.5, 0.6) is 0 Å². The Labute approximate surface area is 90.1 Å². The largest absolute Gasteiger partial charge is 0.444 e. The first-order valence-electron chi connectivity index (χ1n) is 4.85. The summed E-state index contributed by atoms with van der Waals surface area (Å²) in [6.07, 6.45) is -1.25. The molecule has 0 aliphatic carbocycles. The highest BCUT2D eigenvalue weighted by Gasteiger charge is 2.21. The van der Waals surface area contributed by atoms with Gasteiger partial charge in [-0.15, -0.1) is 0 Å². The van der Waals surface area contributed by atoms with Gasteiger partial charge in [0.25, 0.3) is 6.47 Å². The molecule has 0 radical (unpaired) electrons. The maximum absolute atomic E-state index is 11.3. The minimum absolute atomic E-state index is 0.0114. The van der Waals surface area contributed by atoms with Gasteiger partial charge in [-0.25, -0.2) is 4.79 Å². The average Bonchev–Trinajstić information content (AvgIpc) is 1.99. The first-order chi connectivity index (χ1) is 6.76. The third-order valence-corrected chi connectivity index (χ3v) is 1.47. The molecule has 1 atom stereocenters. The van der Waals surface area contributed by atoms with E-state index in [0.29, 0.717) is 6.47 Å². The smallest absolute Gasteiger partial charge is 0.410 e. The number of ether oxygens (including phenoxy) is 2. The van der Waals surface area contributed by atoms with Gasteiger partial charge in [-0.1, -0.05) is 13.8 Å². The number of nitrogens with one attached hydrogen (secondary N) is 1. The molecule has 0 fully saturated rings. The molecule has 0 saturated carbocycles. The highest BCUT2D eigenvalue weighted by atomic mass is 16.6. The van der Waals surface area contributed by atoms with Crippen molar-refractivity contribution in [2.24, 2.45) is 5.92 Å². The van der Waals surface area contributed by atoms with Gasteiger partial charge in [0.2, 0.25) is 0 Å². The van der Waals surface area contributed by atoms with E-state index in [0.717, 1.165) is 0 Å². The lowest BCUT2D eigenvalue weighted by atomic mass is 10.2. The maximum atomic E-state index is 11.3. The fourth-order valence-electron chi connectivity index (χ4n) is 0.841. The molecule has 1 unspecified atom stereocenters. The lowest BCUT2D eigenvalue weighted by Gasteiger charge is -2.24. The van der Waals surface area contributed by atoms with Crippen molar-refractivity contribution in [1.82, 2.24) is 5.32 Å². The van der Waals surface area contributed by atoms with E-state index >= 15 is 0 Å². The summed E-state index contributed by atoms with van der Waals surface area (Å²) in [5.41, 5.74) is -0.563. The standard InChI is InChI=1S/C10H19NO4/c1-7(2)8(14-6-12)11-9(13)15-10(3,4)5/h6-8H,1-5H3,(H,11,13). The third-order valence-electron chi connectivity index (χ3n) is 1.47. The molecule has 1 N–H and O–H groups in total. The summed E-state index contributed by atoms with van der Waals surface area (Å²) in [6, 6.07) is 0. The van der Waals surface area contributed by atoms with Crippen molar-refractivity contribution >= 4 is 12.6 Å². The van der Waals surface area contributed by atoms with Crippen LogP contribution in [0.4, 0.5) is 4.79 Å². The molecule has 5 nitrogen and oxygen atoms in total. The second-order valence-electron chi connectivity index (χ2n) is 4.54. The van der Waals surface area contributed by atoms with Gasteiger partial charge in [-0.2, -0.15) is 0 Å². The van der Waals surface area contributed by atoms with Crippen molar-refractivity contribution < 1.29 is 19.1 Å². The zero-order chi connectivity index (χ0) is 12.1. The van der Waals surface area contributed by atoms with Crippen LogP contribution in [0.1, 0.15) is 34.6 Å². The summed E-state index contributed by atoms with van der Waals surface area (Å²) in [5.74, 6) is -0.0114. The third kappa shape index (κ3) is 6.76. The van der Waals surface area contributed by atoms with E-state index < -0.39 is 17.9 Å². The van der Waals surface area contributed by atoms with Gasteiger partial charge in [0.05, 0.1) is 0 Å². The predicted octanol–water partition coefficient (Wildman–Crippen LogP) is 1.67. The number of amides is 1. The Kier molecular flexibility index (Phi) is 5.11. The average molecular weight is 217 g/mol. The minimum atomic E-state index is -0.655. The number of carbonyl (C=O) groups is 2. The Hall–Kier alpha value is -1.26. The van der Waals surface area contributed by atoms with Crippen molar-refractivity contribution in [3.8, 4) is 0 Å². The molecule has 0 spiro atoms. The monoisotopic (exact) mass is 217 g/mol. The highest BCUT2D eigenvalue weighted by Crippen LogP contribution is 2.08. The molecule has 0 aliphatic rings. The highest BCUT2D eigenvalue weighted by molar-refractivity contribution is 5.68. The van der Waals surface area contributed by atoms with Crippen LogP contribution < -0.4 is 5.32 Å². The van der Waals surface area contributed by atoms with Gasteiger partial charge < -0.3 is 9.47 Å². The van der Waals surface area contributed by atoms with E-state index in [1.54, 1.807) is 20.8 Å². The normalized spacial score (nSPS) is 13.2. The molecule has 0 heterocycles. The van der Waals surface area contributed by atoms with Crippen LogP contribution in [0.15, 0.2) is 0 Å². The Balaban J connectivity index is 4.17. The molecule has 0 aromatic carbocycles. The second kappa shape index (κ2) is 5.58. The Morgan fingerprint density at radius 1 is 1.33 bits per heavy atom. The summed E-state index contributed by atoms with van der Waals surface area (Å²) >= 11 is 0. The van der Waals surface area contributed by atoms with Crippen LogP contribution in [0.2, 0.25) is 0 Å². The lowest BCUT2D eigenvalue weighted by Crippen LogP contribution is -2.43. The van der Waals surface area contributed by atoms with Gasteiger partial charge >= 0.3 is 6.09 Å². The van der Waals surface area contributed by atoms with Crippen LogP contribution in [0, 0.1) is 5.92 Å². The quantitative estimate of drug-likeness (QED) is 0.574. The first kappa shape index (κ1) is 13.7. The van der Waals surface area contributed by atoms with Crippen molar-refractivity contribution in [1.29, 1.82) is 0 Å². The SMILES string of the molecule is CC(C)C(NC(=O)OC(C)(C)C)OC=O. The summed E-state index contributed by atoms with van der Waals surface area (Å²) in [4.78, 5) is 21.5. The van der Waals surface area contributed by atoms with E-state index in [9.17, 15) is 9.59 Å². The van der Waals surface area contributed by atoms with E-state index in [2.05, 4.69) is 5.32 Å². The molecule has 1 amide bonds. The molecule has 88 valence electrons. The number of hydrogen-bond donors (Lipinski definition) is 1. The summed E-state index contributed by atoms with van der Waals surface area (Å²) in [5, 5.41) is 2.46. The molecule has 0 aromatic rings. The first-order valence-corrected chi connectivity index (χ1v) is 4.85. The van der Waals surface area contributed by atoms with Crippen LogP contribution >= 0.6 is 0 Å². The van der Waals surface area contributed by atoms with E-state index in [1.807, 2.05) is 13.8 Å². The molecule has 0 aliphatic heterocycles. The van der Waals surface area contributed by atoms with Crippen LogP contribution in [-0.4, -0.2) is 24.4 Å². The Morgan fingerprint density at radius 2 is 1.87 bits per heavy atom. The Bertz CT molecular complexity index is 220.